The van der Waals surface area contributed by atoms with E-state index in [4.69, 9.17) is 10.5 Å². The SMILES string of the molecule is COc1ccc(C(N)CCc2ccc(C(F)(F)F)nc2)c(F)c1. The Balaban J connectivity index is 2.00. The Kier molecular flexibility index (Phi) is 5.20. The van der Waals surface area contributed by atoms with E-state index < -0.39 is 23.7 Å². The monoisotopic (exact) mass is 328 g/mol. The first-order valence-electron chi connectivity index (χ1n) is 6.92. The predicted molar refractivity (Wildman–Crippen MR) is 77.4 cm³/mol. The number of rotatable bonds is 5. The van der Waals surface area contributed by atoms with Crippen molar-refractivity contribution in [2.45, 2.75) is 25.1 Å². The van der Waals surface area contributed by atoms with Crippen LogP contribution in [-0.4, -0.2) is 12.1 Å². The normalized spacial score (nSPS) is 13.0. The maximum Gasteiger partial charge on any atom is 0.433 e. The zero-order chi connectivity index (χ0) is 17.0. The summed E-state index contributed by atoms with van der Waals surface area (Å²) >= 11 is 0. The first-order valence-corrected chi connectivity index (χ1v) is 6.92. The third kappa shape index (κ3) is 4.41. The van der Waals surface area contributed by atoms with Gasteiger partial charge in [0.2, 0.25) is 0 Å². The maximum atomic E-state index is 13.9. The molecule has 0 aliphatic rings. The summed E-state index contributed by atoms with van der Waals surface area (Å²) in [4.78, 5) is 3.38. The van der Waals surface area contributed by atoms with E-state index in [2.05, 4.69) is 4.98 Å². The minimum absolute atomic E-state index is 0.339. The fourth-order valence-corrected chi connectivity index (χ4v) is 2.15. The second-order valence-electron chi connectivity index (χ2n) is 5.08. The molecule has 0 aliphatic heterocycles. The van der Waals surface area contributed by atoms with E-state index >= 15 is 0 Å². The standard InChI is InChI=1S/C16H16F4N2O/c1-23-11-4-5-12(13(17)8-11)14(21)6-2-10-3-7-15(22-9-10)16(18,19)20/h3-5,7-9,14H,2,6,21H2,1H3. The molecule has 2 aromatic rings. The van der Waals surface area contributed by atoms with Crippen LogP contribution in [0.25, 0.3) is 0 Å². The number of benzene rings is 1. The molecule has 2 rings (SSSR count). The minimum Gasteiger partial charge on any atom is -0.497 e. The van der Waals surface area contributed by atoms with Crippen LogP contribution in [0.3, 0.4) is 0 Å². The Bertz CT molecular complexity index is 656. The van der Waals surface area contributed by atoms with E-state index in [1.54, 1.807) is 12.1 Å². The van der Waals surface area contributed by atoms with Gasteiger partial charge in [0.25, 0.3) is 0 Å². The number of halogens is 4. The van der Waals surface area contributed by atoms with Crippen molar-refractivity contribution in [1.29, 1.82) is 0 Å². The highest BCUT2D eigenvalue weighted by molar-refractivity contribution is 5.31. The number of nitrogens with zero attached hydrogens (tertiary/aromatic N) is 1. The van der Waals surface area contributed by atoms with E-state index in [0.717, 1.165) is 6.07 Å². The number of methoxy groups -OCH3 is 1. The van der Waals surface area contributed by atoms with Crippen molar-refractivity contribution >= 4 is 0 Å². The van der Waals surface area contributed by atoms with Crippen LogP contribution in [0.2, 0.25) is 0 Å². The van der Waals surface area contributed by atoms with Crippen LogP contribution >= 0.6 is 0 Å². The number of hydrogen-bond donors (Lipinski definition) is 1. The van der Waals surface area contributed by atoms with E-state index in [1.807, 2.05) is 0 Å². The molecule has 0 spiro atoms. The fourth-order valence-electron chi connectivity index (χ4n) is 2.15. The van der Waals surface area contributed by atoms with Gasteiger partial charge in [0.1, 0.15) is 17.3 Å². The van der Waals surface area contributed by atoms with Gasteiger partial charge in [-0.25, -0.2) is 4.39 Å². The molecule has 3 nitrogen and oxygen atoms in total. The van der Waals surface area contributed by atoms with Gasteiger partial charge in [-0.3, -0.25) is 4.98 Å². The van der Waals surface area contributed by atoms with E-state index in [9.17, 15) is 17.6 Å². The first-order chi connectivity index (χ1) is 10.8. The van der Waals surface area contributed by atoms with Crippen molar-refractivity contribution in [2.24, 2.45) is 5.73 Å². The number of ether oxygens (including phenoxy) is 1. The largest absolute Gasteiger partial charge is 0.497 e. The Hall–Kier alpha value is -2.15. The number of pyridine rings is 1. The quantitative estimate of drug-likeness (QED) is 0.847. The highest BCUT2D eigenvalue weighted by Gasteiger charge is 2.31. The van der Waals surface area contributed by atoms with Crippen LogP contribution < -0.4 is 10.5 Å². The molecule has 0 saturated carbocycles. The van der Waals surface area contributed by atoms with Gasteiger partial charge in [-0.2, -0.15) is 13.2 Å². The molecule has 0 saturated heterocycles. The molecule has 23 heavy (non-hydrogen) atoms. The number of alkyl halides is 3. The second kappa shape index (κ2) is 6.95. The fraction of sp³-hybridized carbons (Fsp3) is 0.312. The Morgan fingerprint density at radius 1 is 1.22 bits per heavy atom. The van der Waals surface area contributed by atoms with Gasteiger partial charge in [0.05, 0.1) is 7.11 Å². The molecule has 1 heterocycles. The smallest absolute Gasteiger partial charge is 0.433 e. The topological polar surface area (TPSA) is 48.1 Å². The lowest BCUT2D eigenvalue weighted by Crippen LogP contribution is -2.13. The first kappa shape index (κ1) is 17.2. The Morgan fingerprint density at radius 2 is 1.96 bits per heavy atom. The van der Waals surface area contributed by atoms with Crippen LogP contribution in [0.15, 0.2) is 36.5 Å². The molecule has 124 valence electrons. The van der Waals surface area contributed by atoms with Crippen molar-refractivity contribution in [3.63, 3.8) is 0 Å². The summed E-state index contributed by atoms with van der Waals surface area (Å²) in [5, 5.41) is 0. The van der Waals surface area contributed by atoms with Gasteiger partial charge in [-0.15, -0.1) is 0 Å². The third-order valence-electron chi connectivity index (χ3n) is 3.47. The molecule has 0 aliphatic carbocycles. The zero-order valence-electron chi connectivity index (χ0n) is 12.4. The molecule has 7 heteroatoms. The van der Waals surface area contributed by atoms with E-state index in [-0.39, 0.29) is 0 Å². The van der Waals surface area contributed by atoms with Gasteiger partial charge in [-0.1, -0.05) is 12.1 Å². The van der Waals surface area contributed by atoms with Crippen LogP contribution in [0.4, 0.5) is 17.6 Å². The van der Waals surface area contributed by atoms with Crippen molar-refractivity contribution in [1.82, 2.24) is 4.98 Å². The number of nitrogens with two attached hydrogens (primary N) is 1. The van der Waals surface area contributed by atoms with Crippen molar-refractivity contribution < 1.29 is 22.3 Å². The average molecular weight is 328 g/mol. The van der Waals surface area contributed by atoms with Crippen LogP contribution in [-0.2, 0) is 12.6 Å². The molecule has 1 aromatic carbocycles. The lowest BCUT2D eigenvalue weighted by atomic mass is 9.99. The van der Waals surface area contributed by atoms with Gasteiger partial charge < -0.3 is 10.5 Å². The number of aryl methyl sites for hydroxylation is 1. The lowest BCUT2D eigenvalue weighted by Gasteiger charge is -2.14. The van der Waals surface area contributed by atoms with E-state index in [0.29, 0.717) is 29.7 Å². The Labute approximate surface area is 131 Å². The zero-order valence-corrected chi connectivity index (χ0v) is 12.4. The Morgan fingerprint density at radius 3 is 2.48 bits per heavy atom. The van der Waals surface area contributed by atoms with E-state index in [1.165, 1.54) is 25.4 Å². The summed E-state index contributed by atoms with van der Waals surface area (Å²) in [6.07, 6.45) is -2.50. The maximum absolute atomic E-state index is 13.9. The molecular weight excluding hydrogens is 312 g/mol. The predicted octanol–water partition coefficient (Wildman–Crippen LogP) is 3.88. The van der Waals surface area contributed by atoms with Gasteiger partial charge >= 0.3 is 6.18 Å². The lowest BCUT2D eigenvalue weighted by molar-refractivity contribution is -0.141. The minimum atomic E-state index is -4.46. The molecule has 0 fully saturated rings. The molecule has 1 aromatic heterocycles. The van der Waals surface area contributed by atoms with Crippen molar-refractivity contribution in [3.8, 4) is 5.75 Å². The van der Waals surface area contributed by atoms with Crippen LogP contribution in [0.5, 0.6) is 5.75 Å². The number of aromatic nitrogens is 1. The second-order valence-corrected chi connectivity index (χ2v) is 5.08. The van der Waals surface area contributed by atoms with Gasteiger partial charge in [-0.05, 0) is 30.5 Å². The van der Waals surface area contributed by atoms with Crippen LogP contribution in [0.1, 0.15) is 29.3 Å². The molecule has 2 N–H and O–H groups in total. The summed E-state index contributed by atoms with van der Waals surface area (Å²) in [5.41, 5.74) is 5.97. The van der Waals surface area contributed by atoms with Gasteiger partial charge in [0.15, 0.2) is 0 Å². The van der Waals surface area contributed by atoms with Crippen LogP contribution in [0, 0.1) is 5.82 Å². The van der Waals surface area contributed by atoms with Crippen molar-refractivity contribution in [3.05, 3.63) is 59.2 Å². The molecule has 0 radical (unpaired) electrons. The summed E-state index contributed by atoms with van der Waals surface area (Å²) in [6.45, 7) is 0. The summed E-state index contributed by atoms with van der Waals surface area (Å²) in [7, 11) is 1.44. The molecule has 1 unspecified atom stereocenters. The van der Waals surface area contributed by atoms with Gasteiger partial charge in [0, 0.05) is 23.9 Å². The molecule has 1 atom stereocenters. The molecule has 0 amide bonds. The van der Waals surface area contributed by atoms with Crippen molar-refractivity contribution in [2.75, 3.05) is 7.11 Å². The average Bonchev–Trinajstić information content (AvgIpc) is 2.52. The highest BCUT2D eigenvalue weighted by Crippen LogP contribution is 2.28. The summed E-state index contributed by atoms with van der Waals surface area (Å²) < 4.78 is 56.1. The highest BCUT2D eigenvalue weighted by atomic mass is 19.4. The summed E-state index contributed by atoms with van der Waals surface area (Å²) in [6, 6.07) is 6.11. The molecular formula is C16H16F4N2O. The molecule has 0 bridgehead atoms. The third-order valence-corrected chi connectivity index (χ3v) is 3.47. The number of hydrogen-bond acceptors (Lipinski definition) is 3. The summed E-state index contributed by atoms with van der Waals surface area (Å²) in [5.74, 6) is -0.0761.